The van der Waals surface area contributed by atoms with Crippen LogP contribution in [0.15, 0.2) is 47.4 Å². The molecule has 0 aromatic heterocycles. The number of methoxy groups -OCH3 is 2. The van der Waals surface area contributed by atoms with Crippen molar-refractivity contribution < 1.29 is 18.5 Å². The fourth-order valence-corrected chi connectivity index (χ4v) is 3.86. The van der Waals surface area contributed by atoms with Gasteiger partial charge < -0.3 is 9.47 Å². The molecule has 0 aliphatic carbocycles. The Morgan fingerprint density at radius 2 is 1.64 bits per heavy atom. The van der Waals surface area contributed by atoms with E-state index >= 15 is 0 Å². The van der Waals surface area contributed by atoms with E-state index < -0.39 is 11.0 Å². The number of nitrogens with zero attached hydrogens (tertiary/aromatic N) is 1. The van der Waals surface area contributed by atoms with Crippen LogP contribution in [0.3, 0.4) is 0 Å². The largest absolute Gasteiger partial charge is 0.496 e. The zero-order valence-corrected chi connectivity index (χ0v) is 13.1. The van der Waals surface area contributed by atoms with Crippen molar-refractivity contribution in [2.45, 2.75) is 11.4 Å². The van der Waals surface area contributed by atoms with E-state index in [0.29, 0.717) is 22.0 Å². The summed E-state index contributed by atoms with van der Waals surface area (Å²) in [7, 11) is 1.36. The molecular weight excluding hydrogens is 302 g/mol. The summed E-state index contributed by atoms with van der Waals surface area (Å²) in [6.45, 7) is 0.271. The normalized spacial score (nSPS) is 16.5. The molecule has 2 aromatic carbocycles. The van der Waals surface area contributed by atoms with Crippen molar-refractivity contribution >= 4 is 16.9 Å². The summed E-state index contributed by atoms with van der Waals surface area (Å²) < 4.78 is 24.5. The van der Waals surface area contributed by atoms with Gasteiger partial charge in [-0.3, -0.25) is 4.79 Å². The number of benzene rings is 2. The number of carbonyl (C=O) groups excluding carboxylic acids is 1. The van der Waals surface area contributed by atoms with Gasteiger partial charge in [-0.05, 0) is 17.7 Å². The Bertz CT molecular complexity index is 702. The van der Waals surface area contributed by atoms with Crippen molar-refractivity contribution in [2.75, 3.05) is 14.2 Å². The van der Waals surface area contributed by atoms with E-state index in [-0.39, 0.29) is 12.5 Å². The lowest BCUT2D eigenvalue weighted by atomic mass is 10.1. The number of rotatable bonds is 4. The van der Waals surface area contributed by atoms with Gasteiger partial charge in [-0.25, -0.2) is 8.51 Å². The van der Waals surface area contributed by atoms with Crippen LogP contribution >= 0.6 is 0 Å². The van der Waals surface area contributed by atoms with Gasteiger partial charge in [0.1, 0.15) is 22.0 Å². The lowest BCUT2D eigenvalue weighted by molar-refractivity contribution is 0.0865. The van der Waals surface area contributed by atoms with Gasteiger partial charge in [-0.15, -0.1) is 0 Å². The Morgan fingerprint density at radius 1 is 1.00 bits per heavy atom. The summed E-state index contributed by atoms with van der Waals surface area (Å²) in [5, 5.41) is 0. The van der Waals surface area contributed by atoms with Crippen molar-refractivity contribution in [2.24, 2.45) is 0 Å². The van der Waals surface area contributed by atoms with E-state index in [0.717, 1.165) is 5.56 Å². The summed E-state index contributed by atoms with van der Waals surface area (Å²) in [5.41, 5.74) is 1.23. The molecule has 2 aromatic rings. The van der Waals surface area contributed by atoms with Crippen molar-refractivity contribution in [3.8, 4) is 11.5 Å². The molecule has 1 amide bonds. The Hall–Kier alpha value is -2.34. The maximum absolute atomic E-state index is 12.7. The predicted octanol–water partition coefficient (Wildman–Crippen LogP) is 2.38. The topological polar surface area (TPSA) is 55.8 Å². The number of hydrogen-bond acceptors (Lipinski definition) is 4. The lowest BCUT2D eigenvalue weighted by Gasteiger charge is -2.14. The average molecular weight is 317 g/mol. The fourth-order valence-electron chi connectivity index (χ4n) is 2.44. The Morgan fingerprint density at radius 3 is 2.27 bits per heavy atom. The molecule has 3 rings (SSSR count). The summed E-state index contributed by atoms with van der Waals surface area (Å²) in [4.78, 5) is 13.0. The smallest absolute Gasteiger partial charge is 0.271 e. The van der Waals surface area contributed by atoms with Crippen LogP contribution in [0.1, 0.15) is 15.9 Å². The number of ether oxygens (including phenoxy) is 2. The Labute approximate surface area is 131 Å². The maximum atomic E-state index is 12.7. The van der Waals surface area contributed by atoms with E-state index in [9.17, 15) is 9.00 Å². The first-order valence-electron chi connectivity index (χ1n) is 6.70. The molecule has 5 nitrogen and oxygen atoms in total. The van der Waals surface area contributed by atoms with Gasteiger partial charge in [0.2, 0.25) is 0 Å². The second-order valence-corrected chi connectivity index (χ2v) is 6.10. The van der Waals surface area contributed by atoms with Gasteiger partial charge in [0.25, 0.3) is 5.91 Å². The molecule has 1 aliphatic rings. The van der Waals surface area contributed by atoms with E-state index in [1.54, 1.807) is 12.1 Å². The molecule has 1 unspecified atom stereocenters. The molecule has 1 atom stereocenters. The van der Waals surface area contributed by atoms with Gasteiger partial charge in [0.05, 0.1) is 20.8 Å². The monoisotopic (exact) mass is 317 g/mol. The number of hydrogen-bond donors (Lipinski definition) is 0. The highest BCUT2D eigenvalue weighted by molar-refractivity contribution is 7.84. The van der Waals surface area contributed by atoms with Crippen LogP contribution in [0, 0.1) is 0 Å². The summed E-state index contributed by atoms with van der Waals surface area (Å²) in [6.07, 6.45) is 0. The van der Waals surface area contributed by atoms with E-state index in [4.69, 9.17) is 9.47 Å². The van der Waals surface area contributed by atoms with Crippen LogP contribution in [-0.4, -0.2) is 28.6 Å². The van der Waals surface area contributed by atoms with Gasteiger partial charge in [-0.2, -0.15) is 0 Å². The SMILES string of the molecule is COc1ccc(OC)c2c1C(=O)N(Cc1ccccc1)S2=O. The van der Waals surface area contributed by atoms with Crippen molar-refractivity contribution in [1.29, 1.82) is 0 Å². The molecule has 0 N–H and O–H groups in total. The van der Waals surface area contributed by atoms with Crippen LogP contribution in [0.2, 0.25) is 0 Å². The van der Waals surface area contributed by atoms with Gasteiger partial charge in [-0.1, -0.05) is 30.3 Å². The first kappa shape index (κ1) is 14.6. The van der Waals surface area contributed by atoms with Crippen molar-refractivity contribution in [3.05, 3.63) is 53.6 Å². The first-order chi connectivity index (χ1) is 10.7. The Balaban J connectivity index is 2.04. The molecular formula is C16H15NO4S. The molecule has 114 valence electrons. The molecule has 1 heterocycles. The van der Waals surface area contributed by atoms with Gasteiger partial charge >= 0.3 is 0 Å². The summed E-state index contributed by atoms with van der Waals surface area (Å²) in [6, 6.07) is 12.8. The second-order valence-electron chi connectivity index (χ2n) is 4.75. The quantitative estimate of drug-likeness (QED) is 0.869. The zero-order valence-electron chi connectivity index (χ0n) is 12.2. The summed E-state index contributed by atoms with van der Waals surface area (Å²) in [5.74, 6) is 0.524. The van der Waals surface area contributed by atoms with Crippen LogP contribution in [0.5, 0.6) is 11.5 Å². The molecule has 0 bridgehead atoms. The number of amides is 1. The van der Waals surface area contributed by atoms with Gasteiger partial charge in [0, 0.05) is 0 Å². The van der Waals surface area contributed by atoms with Gasteiger partial charge in [0.15, 0.2) is 11.0 Å². The molecule has 0 saturated heterocycles. The molecule has 22 heavy (non-hydrogen) atoms. The molecule has 0 fully saturated rings. The minimum atomic E-state index is -1.61. The van der Waals surface area contributed by atoms with E-state index in [1.165, 1.54) is 18.5 Å². The van der Waals surface area contributed by atoms with Crippen LogP contribution < -0.4 is 9.47 Å². The van der Waals surface area contributed by atoms with Crippen LogP contribution in [0.25, 0.3) is 0 Å². The second kappa shape index (κ2) is 5.81. The molecule has 6 heteroatoms. The summed E-state index contributed by atoms with van der Waals surface area (Å²) >= 11 is 0. The third-order valence-electron chi connectivity index (χ3n) is 3.51. The third-order valence-corrected chi connectivity index (χ3v) is 4.96. The number of fused-ring (bicyclic) bond motifs is 1. The minimum Gasteiger partial charge on any atom is -0.496 e. The van der Waals surface area contributed by atoms with Crippen molar-refractivity contribution in [3.63, 3.8) is 0 Å². The molecule has 0 spiro atoms. The fraction of sp³-hybridized carbons (Fsp3) is 0.188. The van der Waals surface area contributed by atoms with Crippen LogP contribution in [-0.2, 0) is 17.5 Å². The third kappa shape index (κ3) is 2.25. The molecule has 0 saturated carbocycles. The standard InChI is InChI=1S/C16H15NO4S/c1-20-12-8-9-13(21-2)15-14(12)16(18)17(22(15)19)10-11-6-4-3-5-7-11/h3-9H,10H2,1-2H3. The Kier molecular flexibility index (Phi) is 3.85. The van der Waals surface area contributed by atoms with E-state index in [1.807, 2.05) is 30.3 Å². The van der Waals surface area contributed by atoms with Crippen LogP contribution in [0.4, 0.5) is 0 Å². The molecule has 1 aliphatic heterocycles. The average Bonchev–Trinajstić information content (AvgIpc) is 2.81. The maximum Gasteiger partial charge on any atom is 0.271 e. The zero-order chi connectivity index (χ0) is 15.7. The minimum absolute atomic E-state index is 0.271. The predicted molar refractivity (Wildman–Crippen MR) is 82.3 cm³/mol. The highest BCUT2D eigenvalue weighted by Gasteiger charge is 2.40. The molecule has 0 radical (unpaired) electrons. The highest BCUT2D eigenvalue weighted by atomic mass is 32.2. The van der Waals surface area contributed by atoms with Crippen molar-refractivity contribution in [1.82, 2.24) is 4.31 Å². The lowest BCUT2D eigenvalue weighted by Crippen LogP contribution is -2.25. The highest BCUT2D eigenvalue weighted by Crippen LogP contribution is 2.40. The van der Waals surface area contributed by atoms with E-state index in [2.05, 4.69) is 0 Å². The first-order valence-corrected chi connectivity index (χ1v) is 7.80. The number of carbonyl (C=O) groups is 1.